The van der Waals surface area contributed by atoms with Crippen molar-refractivity contribution in [3.05, 3.63) is 17.5 Å². The quantitative estimate of drug-likeness (QED) is 0.656. The molecule has 0 amide bonds. The van der Waals surface area contributed by atoms with Gasteiger partial charge in [0.25, 0.3) is 0 Å². The molecule has 0 fully saturated rings. The van der Waals surface area contributed by atoms with Crippen molar-refractivity contribution in [2.45, 2.75) is 18.9 Å². The third-order valence-electron chi connectivity index (χ3n) is 3.01. The molecule has 5 heteroatoms. The fourth-order valence-electron chi connectivity index (χ4n) is 2.05. The fourth-order valence-corrected chi connectivity index (χ4v) is 2.05. The topological polar surface area (TPSA) is 75.3 Å². The molecule has 2 N–H and O–H groups in total. The number of aromatic nitrogens is 2. The Kier molecular flexibility index (Phi) is 1.69. The molecule has 0 aromatic carbocycles. The van der Waals surface area contributed by atoms with Crippen molar-refractivity contribution in [3.8, 4) is 0 Å². The van der Waals surface area contributed by atoms with Crippen molar-refractivity contribution >= 4 is 5.97 Å². The molecule has 14 heavy (non-hydrogen) atoms. The maximum atomic E-state index is 11.0. The van der Waals surface area contributed by atoms with Crippen LogP contribution in [0.5, 0.6) is 0 Å². The summed E-state index contributed by atoms with van der Waals surface area (Å²) >= 11 is 0. The number of aryl methyl sites for hydroxylation is 1. The Morgan fingerprint density at radius 1 is 1.79 bits per heavy atom. The number of carboxylic acids is 1. The van der Waals surface area contributed by atoms with E-state index in [1.807, 2.05) is 0 Å². The van der Waals surface area contributed by atoms with Crippen LogP contribution in [-0.2, 0) is 23.9 Å². The van der Waals surface area contributed by atoms with Crippen LogP contribution < -0.4 is 0 Å². The lowest BCUT2D eigenvalue weighted by Gasteiger charge is -2.22. The van der Waals surface area contributed by atoms with E-state index in [4.69, 9.17) is 5.11 Å². The van der Waals surface area contributed by atoms with Crippen LogP contribution in [0.3, 0.4) is 0 Å². The van der Waals surface area contributed by atoms with E-state index < -0.39 is 11.6 Å². The lowest BCUT2D eigenvalue weighted by atomic mass is 9.90. The zero-order chi connectivity index (χ0) is 10.5. The Labute approximate surface area is 81.0 Å². The van der Waals surface area contributed by atoms with Crippen LogP contribution in [0.1, 0.15) is 18.2 Å². The van der Waals surface area contributed by atoms with Crippen molar-refractivity contribution < 1.29 is 15.0 Å². The van der Waals surface area contributed by atoms with E-state index in [-0.39, 0.29) is 5.92 Å². The summed E-state index contributed by atoms with van der Waals surface area (Å²) in [6, 6.07) is 0. The average Bonchev–Trinajstić information content (AvgIpc) is 2.57. The van der Waals surface area contributed by atoms with Crippen LogP contribution in [-0.4, -0.2) is 26.0 Å². The first-order valence-electron chi connectivity index (χ1n) is 4.45. The van der Waals surface area contributed by atoms with E-state index in [1.54, 1.807) is 18.7 Å². The molecule has 0 saturated carbocycles. The first-order valence-corrected chi connectivity index (χ1v) is 4.45. The molecule has 1 aromatic heterocycles. The standard InChI is InChI=1S/C9H12N2O3/c1-5-3-7-6(4-10-11(7)2)9(5,14)8(12)13/h4-5,14H,3H2,1-2H3,(H,12,13). The molecular weight excluding hydrogens is 184 g/mol. The van der Waals surface area contributed by atoms with Crippen molar-refractivity contribution in [2.75, 3.05) is 0 Å². The van der Waals surface area contributed by atoms with Gasteiger partial charge in [-0.25, -0.2) is 4.79 Å². The summed E-state index contributed by atoms with van der Waals surface area (Å²) < 4.78 is 1.62. The molecule has 2 rings (SSSR count). The third-order valence-corrected chi connectivity index (χ3v) is 3.01. The number of rotatable bonds is 1. The Hall–Kier alpha value is -1.36. The second kappa shape index (κ2) is 2.57. The van der Waals surface area contributed by atoms with E-state index in [2.05, 4.69) is 5.10 Å². The van der Waals surface area contributed by atoms with E-state index in [0.717, 1.165) is 5.69 Å². The Morgan fingerprint density at radius 2 is 2.43 bits per heavy atom. The smallest absolute Gasteiger partial charge is 0.340 e. The van der Waals surface area contributed by atoms with Crippen LogP contribution in [0.2, 0.25) is 0 Å². The fraction of sp³-hybridized carbons (Fsp3) is 0.556. The highest BCUT2D eigenvalue weighted by molar-refractivity contribution is 5.81. The van der Waals surface area contributed by atoms with Crippen LogP contribution in [0.25, 0.3) is 0 Å². The van der Waals surface area contributed by atoms with E-state index in [0.29, 0.717) is 12.0 Å². The monoisotopic (exact) mass is 196 g/mol. The Morgan fingerprint density at radius 3 is 3.00 bits per heavy atom. The average molecular weight is 196 g/mol. The van der Waals surface area contributed by atoms with E-state index >= 15 is 0 Å². The highest BCUT2D eigenvalue weighted by atomic mass is 16.4. The molecular formula is C9H12N2O3. The highest BCUT2D eigenvalue weighted by Crippen LogP contribution is 2.41. The molecule has 1 aliphatic carbocycles. The van der Waals surface area contributed by atoms with Crippen molar-refractivity contribution in [1.82, 2.24) is 9.78 Å². The molecule has 0 saturated heterocycles. The van der Waals surface area contributed by atoms with Gasteiger partial charge in [0.2, 0.25) is 0 Å². The molecule has 0 bridgehead atoms. The van der Waals surface area contributed by atoms with Gasteiger partial charge in [0.1, 0.15) is 0 Å². The van der Waals surface area contributed by atoms with Gasteiger partial charge < -0.3 is 10.2 Å². The second-order valence-corrected chi connectivity index (χ2v) is 3.81. The van der Waals surface area contributed by atoms with Gasteiger partial charge in [-0.3, -0.25) is 4.68 Å². The minimum atomic E-state index is -1.76. The molecule has 1 aromatic rings. The SMILES string of the molecule is CC1Cc2c(cnn2C)C1(O)C(=O)O. The highest BCUT2D eigenvalue weighted by Gasteiger charge is 2.51. The summed E-state index contributed by atoms with van der Waals surface area (Å²) in [7, 11) is 1.75. The minimum Gasteiger partial charge on any atom is -0.479 e. The zero-order valence-corrected chi connectivity index (χ0v) is 8.06. The number of hydrogen-bond acceptors (Lipinski definition) is 3. The largest absolute Gasteiger partial charge is 0.479 e. The van der Waals surface area contributed by atoms with Gasteiger partial charge in [-0.1, -0.05) is 6.92 Å². The van der Waals surface area contributed by atoms with Gasteiger partial charge in [-0.05, 0) is 6.42 Å². The summed E-state index contributed by atoms with van der Waals surface area (Å²) in [6.45, 7) is 1.73. The molecule has 5 nitrogen and oxygen atoms in total. The predicted molar refractivity (Wildman–Crippen MR) is 47.6 cm³/mol. The lowest BCUT2D eigenvalue weighted by molar-refractivity contribution is -0.164. The van der Waals surface area contributed by atoms with Crippen molar-refractivity contribution in [2.24, 2.45) is 13.0 Å². The predicted octanol–water partition coefficient (Wildman–Crippen LogP) is -0.115. The number of carboxylic acid groups (broad SMARTS) is 1. The molecule has 1 aliphatic rings. The lowest BCUT2D eigenvalue weighted by Crippen LogP contribution is -2.38. The van der Waals surface area contributed by atoms with Gasteiger partial charge in [-0.2, -0.15) is 5.10 Å². The van der Waals surface area contributed by atoms with Crippen LogP contribution in [0.4, 0.5) is 0 Å². The maximum Gasteiger partial charge on any atom is 0.340 e. The minimum absolute atomic E-state index is 0.306. The van der Waals surface area contributed by atoms with Crippen LogP contribution in [0, 0.1) is 5.92 Å². The van der Waals surface area contributed by atoms with Gasteiger partial charge in [0, 0.05) is 24.2 Å². The van der Waals surface area contributed by atoms with Crippen molar-refractivity contribution in [1.29, 1.82) is 0 Å². The number of aliphatic hydroxyl groups is 1. The van der Waals surface area contributed by atoms with Gasteiger partial charge in [0.15, 0.2) is 5.60 Å². The summed E-state index contributed by atoms with van der Waals surface area (Å²) in [5.74, 6) is -1.50. The number of aliphatic carboxylic acids is 1. The van der Waals surface area contributed by atoms with E-state index in [1.165, 1.54) is 6.20 Å². The number of nitrogens with zero attached hydrogens (tertiary/aromatic N) is 2. The van der Waals surface area contributed by atoms with E-state index in [9.17, 15) is 9.90 Å². The summed E-state index contributed by atoms with van der Waals surface area (Å²) in [5.41, 5.74) is -0.522. The molecule has 0 aliphatic heterocycles. The van der Waals surface area contributed by atoms with Gasteiger partial charge in [0.05, 0.1) is 6.20 Å². The van der Waals surface area contributed by atoms with Crippen LogP contribution in [0.15, 0.2) is 6.20 Å². The van der Waals surface area contributed by atoms with Crippen LogP contribution >= 0.6 is 0 Å². The number of carbonyl (C=O) groups is 1. The number of hydrogen-bond donors (Lipinski definition) is 2. The number of fused-ring (bicyclic) bond motifs is 1. The third kappa shape index (κ3) is 0.874. The summed E-state index contributed by atoms with van der Waals surface area (Å²) in [4.78, 5) is 11.0. The summed E-state index contributed by atoms with van der Waals surface area (Å²) in [6.07, 6.45) is 1.99. The molecule has 2 atom stereocenters. The molecule has 1 heterocycles. The molecule has 0 spiro atoms. The Bertz CT molecular complexity index is 399. The Balaban J connectivity index is 2.60. The van der Waals surface area contributed by atoms with Gasteiger partial charge >= 0.3 is 5.97 Å². The first-order chi connectivity index (χ1) is 6.48. The zero-order valence-electron chi connectivity index (χ0n) is 8.06. The van der Waals surface area contributed by atoms with Gasteiger partial charge in [-0.15, -0.1) is 0 Å². The van der Waals surface area contributed by atoms with Crippen molar-refractivity contribution in [3.63, 3.8) is 0 Å². The summed E-state index contributed by atoms with van der Waals surface area (Å²) in [5, 5.41) is 23.0. The second-order valence-electron chi connectivity index (χ2n) is 3.81. The normalized spacial score (nSPS) is 30.4. The molecule has 76 valence electrons. The first kappa shape index (κ1) is 9.21. The maximum absolute atomic E-state index is 11.0. The molecule has 2 unspecified atom stereocenters. The molecule has 0 radical (unpaired) electrons.